The van der Waals surface area contributed by atoms with E-state index in [1.54, 1.807) is 6.07 Å². The molecule has 112 valence electrons. The highest BCUT2D eigenvalue weighted by Crippen LogP contribution is 2.19. The zero-order valence-corrected chi connectivity index (χ0v) is 11.6. The van der Waals surface area contributed by atoms with Gasteiger partial charge in [-0.1, -0.05) is 19.1 Å². The average molecular weight is 295 g/mol. The summed E-state index contributed by atoms with van der Waals surface area (Å²) in [5.74, 6) is -2.02. The van der Waals surface area contributed by atoms with Gasteiger partial charge in [-0.2, -0.15) is 0 Å². The van der Waals surface area contributed by atoms with Gasteiger partial charge in [0.2, 0.25) is 0 Å². The van der Waals surface area contributed by atoms with Crippen molar-refractivity contribution in [3.05, 3.63) is 65.0 Å². The summed E-state index contributed by atoms with van der Waals surface area (Å²) in [6.45, 7) is 3.07. The molecule has 0 radical (unpaired) electrons. The van der Waals surface area contributed by atoms with Crippen LogP contribution < -0.4 is 10.1 Å². The molecule has 5 heteroatoms. The highest BCUT2D eigenvalue weighted by molar-refractivity contribution is 5.30. The maximum atomic E-state index is 13.5. The first kappa shape index (κ1) is 15.4. The summed E-state index contributed by atoms with van der Waals surface area (Å²) in [5.41, 5.74) is 0.819. The molecule has 2 nitrogen and oxygen atoms in total. The molecule has 0 unspecified atom stereocenters. The fraction of sp³-hybridized carbons (Fsp3) is 0.250. The van der Waals surface area contributed by atoms with Crippen molar-refractivity contribution >= 4 is 0 Å². The zero-order chi connectivity index (χ0) is 15.2. The van der Waals surface area contributed by atoms with E-state index in [0.717, 1.165) is 18.2 Å². The summed E-state index contributed by atoms with van der Waals surface area (Å²) < 4.78 is 45.4. The van der Waals surface area contributed by atoms with E-state index in [2.05, 4.69) is 5.32 Å². The minimum absolute atomic E-state index is 0.0903. The highest BCUT2D eigenvalue weighted by Gasteiger charge is 2.09. The van der Waals surface area contributed by atoms with E-state index >= 15 is 0 Å². The molecule has 0 fully saturated rings. The number of hydrogen-bond donors (Lipinski definition) is 1. The van der Waals surface area contributed by atoms with Gasteiger partial charge in [-0.15, -0.1) is 0 Å². The second-order valence-electron chi connectivity index (χ2n) is 4.58. The van der Waals surface area contributed by atoms with Crippen molar-refractivity contribution in [2.75, 3.05) is 6.54 Å². The van der Waals surface area contributed by atoms with Crippen molar-refractivity contribution in [1.82, 2.24) is 5.32 Å². The molecule has 0 aliphatic rings. The van der Waals surface area contributed by atoms with Gasteiger partial charge in [-0.3, -0.25) is 0 Å². The van der Waals surface area contributed by atoms with Crippen LogP contribution in [-0.4, -0.2) is 6.54 Å². The van der Waals surface area contributed by atoms with Crippen molar-refractivity contribution < 1.29 is 17.9 Å². The molecule has 21 heavy (non-hydrogen) atoms. The number of nitrogens with one attached hydrogen (secondary N) is 1. The van der Waals surface area contributed by atoms with Crippen molar-refractivity contribution in [3.63, 3.8) is 0 Å². The van der Waals surface area contributed by atoms with Gasteiger partial charge in [-0.05, 0) is 30.3 Å². The van der Waals surface area contributed by atoms with Crippen LogP contribution in [0.5, 0.6) is 5.75 Å². The number of halogens is 3. The largest absolute Gasteiger partial charge is 0.489 e. The van der Waals surface area contributed by atoms with Crippen molar-refractivity contribution in [2.45, 2.75) is 20.1 Å². The predicted octanol–water partition coefficient (Wildman–Crippen LogP) is 3.79. The van der Waals surface area contributed by atoms with Gasteiger partial charge in [0.1, 0.15) is 18.2 Å². The fourth-order valence-electron chi connectivity index (χ4n) is 1.90. The van der Waals surface area contributed by atoms with Crippen LogP contribution in [0, 0.1) is 17.5 Å². The summed E-state index contributed by atoms with van der Waals surface area (Å²) in [7, 11) is 0. The highest BCUT2D eigenvalue weighted by atomic mass is 19.2. The topological polar surface area (TPSA) is 21.3 Å². The van der Waals surface area contributed by atoms with Gasteiger partial charge in [0.05, 0.1) is 0 Å². The average Bonchev–Trinajstić information content (AvgIpc) is 2.46. The standard InChI is InChI=1S/C16H16F3NO/c1-2-20-9-11-6-13(17)8-14(7-11)21-10-12-4-3-5-15(18)16(12)19/h3-8,20H,2,9-10H2,1H3. The Morgan fingerprint density at radius 1 is 1.10 bits per heavy atom. The van der Waals surface area contributed by atoms with Crippen LogP contribution in [0.2, 0.25) is 0 Å². The monoisotopic (exact) mass is 295 g/mol. The van der Waals surface area contributed by atoms with Gasteiger partial charge in [0, 0.05) is 18.2 Å². The maximum Gasteiger partial charge on any atom is 0.165 e. The van der Waals surface area contributed by atoms with Crippen LogP contribution in [0.25, 0.3) is 0 Å². The Labute approximate surface area is 121 Å². The van der Waals surface area contributed by atoms with Crippen LogP contribution in [0.3, 0.4) is 0 Å². The van der Waals surface area contributed by atoms with Gasteiger partial charge in [0.25, 0.3) is 0 Å². The molecule has 2 rings (SSSR count). The van der Waals surface area contributed by atoms with E-state index in [1.165, 1.54) is 24.3 Å². The Morgan fingerprint density at radius 3 is 2.67 bits per heavy atom. The van der Waals surface area contributed by atoms with Gasteiger partial charge in [-0.25, -0.2) is 13.2 Å². The van der Waals surface area contributed by atoms with Gasteiger partial charge in [0.15, 0.2) is 11.6 Å². The number of benzene rings is 2. The van der Waals surface area contributed by atoms with Crippen LogP contribution in [0.4, 0.5) is 13.2 Å². The summed E-state index contributed by atoms with van der Waals surface area (Å²) in [5, 5.41) is 3.08. The molecule has 0 bridgehead atoms. The lowest BCUT2D eigenvalue weighted by Crippen LogP contribution is -2.12. The van der Waals surface area contributed by atoms with Gasteiger partial charge >= 0.3 is 0 Å². The normalized spacial score (nSPS) is 10.7. The molecule has 0 aliphatic carbocycles. The van der Waals surface area contributed by atoms with Crippen molar-refractivity contribution in [2.24, 2.45) is 0 Å². The lowest BCUT2D eigenvalue weighted by atomic mass is 10.2. The van der Waals surface area contributed by atoms with Crippen LogP contribution in [0.1, 0.15) is 18.1 Å². The second-order valence-corrected chi connectivity index (χ2v) is 4.58. The lowest BCUT2D eigenvalue weighted by molar-refractivity contribution is 0.295. The first-order valence-corrected chi connectivity index (χ1v) is 6.66. The van der Waals surface area contributed by atoms with E-state index in [9.17, 15) is 13.2 Å². The molecule has 0 heterocycles. The van der Waals surface area contributed by atoms with E-state index in [-0.39, 0.29) is 17.9 Å². The van der Waals surface area contributed by atoms with Crippen molar-refractivity contribution in [1.29, 1.82) is 0 Å². The van der Waals surface area contributed by atoms with Crippen LogP contribution in [0.15, 0.2) is 36.4 Å². The molecule has 0 aliphatic heterocycles. The maximum absolute atomic E-state index is 13.5. The zero-order valence-electron chi connectivity index (χ0n) is 11.6. The first-order chi connectivity index (χ1) is 10.1. The molecule has 0 amide bonds. The Morgan fingerprint density at radius 2 is 1.90 bits per heavy atom. The quantitative estimate of drug-likeness (QED) is 0.875. The molecule has 1 N–H and O–H groups in total. The van der Waals surface area contributed by atoms with E-state index < -0.39 is 17.5 Å². The van der Waals surface area contributed by atoms with Gasteiger partial charge < -0.3 is 10.1 Å². The fourth-order valence-corrected chi connectivity index (χ4v) is 1.90. The minimum Gasteiger partial charge on any atom is -0.489 e. The molecule has 2 aromatic rings. The third-order valence-corrected chi connectivity index (χ3v) is 2.94. The molecular formula is C16H16F3NO. The smallest absolute Gasteiger partial charge is 0.165 e. The number of rotatable bonds is 6. The van der Waals surface area contributed by atoms with Crippen LogP contribution in [-0.2, 0) is 13.2 Å². The molecule has 0 aromatic heterocycles. The Balaban J connectivity index is 2.09. The van der Waals surface area contributed by atoms with E-state index in [0.29, 0.717) is 6.54 Å². The minimum atomic E-state index is -0.943. The van der Waals surface area contributed by atoms with E-state index in [1.807, 2.05) is 6.92 Å². The lowest BCUT2D eigenvalue weighted by Gasteiger charge is -2.10. The Bertz CT molecular complexity index is 616. The summed E-state index contributed by atoms with van der Waals surface area (Å²) >= 11 is 0. The summed E-state index contributed by atoms with van der Waals surface area (Å²) in [6, 6.07) is 8.15. The van der Waals surface area contributed by atoms with Crippen molar-refractivity contribution in [3.8, 4) is 5.75 Å². The molecule has 0 spiro atoms. The second kappa shape index (κ2) is 7.13. The molecule has 2 aromatic carbocycles. The molecule has 0 saturated heterocycles. The third kappa shape index (κ3) is 4.23. The van der Waals surface area contributed by atoms with Crippen LogP contribution >= 0.6 is 0 Å². The number of ether oxygens (including phenoxy) is 1. The molecular weight excluding hydrogens is 279 g/mol. The predicted molar refractivity (Wildman–Crippen MR) is 74.5 cm³/mol. The summed E-state index contributed by atoms with van der Waals surface area (Å²) in [4.78, 5) is 0. The number of hydrogen-bond acceptors (Lipinski definition) is 2. The molecule has 0 saturated carbocycles. The third-order valence-electron chi connectivity index (χ3n) is 2.94. The SMILES string of the molecule is CCNCc1cc(F)cc(OCc2cccc(F)c2F)c1. The Kier molecular flexibility index (Phi) is 5.22. The van der Waals surface area contributed by atoms with E-state index in [4.69, 9.17) is 4.74 Å². The first-order valence-electron chi connectivity index (χ1n) is 6.66. The Hall–Kier alpha value is -2.01. The molecule has 0 atom stereocenters. The summed E-state index contributed by atoms with van der Waals surface area (Å²) in [6.07, 6.45) is 0.